The summed E-state index contributed by atoms with van der Waals surface area (Å²) in [6, 6.07) is 12.7. The van der Waals surface area contributed by atoms with E-state index in [4.69, 9.17) is 5.73 Å². The molecule has 0 unspecified atom stereocenters. The Balaban J connectivity index is 0.00000112. The van der Waals surface area contributed by atoms with E-state index in [1.165, 1.54) is 16.0 Å². The van der Waals surface area contributed by atoms with Gasteiger partial charge in [0.05, 0.1) is 0 Å². The number of hydrogen-bond acceptors (Lipinski definition) is 2. The zero-order chi connectivity index (χ0) is 9.80. The van der Waals surface area contributed by atoms with Gasteiger partial charge >= 0.3 is 0 Å². The predicted octanol–water partition coefficient (Wildman–Crippen LogP) is 3.22. The normalized spacial score (nSPS) is 9.67. The van der Waals surface area contributed by atoms with Gasteiger partial charge in [0, 0.05) is 11.4 Å². The van der Waals surface area contributed by atoms with Crippen LogP contribution >= 0.6 is 23.7 Å². The van der Waals surface area contributed by atoms with Gasteiger partial charge in [-0.05, 0) is 29.0 Å². The van der Waals surface area contributed by atoms with E-state index in [0.717, 1.165) is 6.42 Å². The number of hydrogen-bond donors (Lipinski definition) is 1. The summed E-state index contributed by atoms with van der Waals surface area (Å²) in [5.74, 6) is 0. The minimum Gasteiger partial charge on any atom is -0.326 e. The molecular weight excluding hydrogens is 226 g/mol. The van der Waals surface area contributed by atoms with Crippen molar-refractivity contribution < 1.29 is 0 Å². The lowest BCUT2D eigenvalue weighted by atomic mass is 10.1. The van der Waals surface area contributed by atoms with Crippen LogP contribution in [-0.2, 0) is 13.0 Å². The van der Waals surface area contributed by atoms with Gasteiger partial charge in [-0.2, -0.15) is 0 Å². The fourth-order valence-electron chi connectivity index (χ4n) is 1.46. The zero-order valence-electron chi connectivity index (χ0n) is 8.35. The topological polar surface area (TPSA) is 26.0 Å². The summed E-state index contributed by atoms with van der Waals surface area (Å²) in [4.78, 5) is 1.26. The Bertz CT molecular complexity index is 397. The highest BCUT2D eigenvalue weighted by Gasteiger charge is 1.99. The highest BCUT2D eigenvalue weighted by Crippen LogP contribution is 2.17. The molecule has 0 aliphatic carbocycles. The molecule has 1 heterocycles. The van der Waals surface area contributed by atoms with Crippen molar-refractivity contribution in [3.8, 4) is 0 Å². The number of benzene rings is 1. The van der Waals surface area contributed by atoms with Crippen molar-refractivity contribution >= 4 is 23.7 Å². The molecular formula is C12H14ClNS. The Morgan fingerprint density at radius 3 is 2.40 bits per heavy atom. The quantitative estimate of drug-likeness (QED) is 0.875. The molecule has 2 aromatic rings. The Hall–Kier alpha value is -0.830. The van der Waals surface area contributed by atoms with Crippen molar-refractivity contribution in [2.24, 2.45) is 5.73 Å². The molecule has 80 valence electrons. The maximum Gasteiger partial charge on any atom is 0.0273 e. The molecule has 0 aliphatic rings. The zero-order valence-corrected chi connectivity index (χ0v) is 9.98. The van der Waals surface area contributed by atoms with Gasteiger partial charge in [-0.1, -0.05) is 30.3 Å². The summed E-state index contributed by atoms with van der Waals surface area (Å²) < 4.78 is 0. The molecule has 0 saturated heterocycles. The summed E-state index contributed by atoms with van der Waals surface area (Å²) in [5.41, 5.74) is 8.29. The van der Waals surface area contributed by atoms with Gasteiger partial charge in [0.25, 0.3) is 0 Å². The second kappa shape index (κ2) is 5.91. The van der Waals surface area contributed by atoms with Crippen molar-refractivity contribution in [1.82, 2.24) is 0 Å². The average Bonchev–Trinajstić information content (AvgIpc) is 2.67. The highest BCUT2D eigenvalue weighted by atomic mass is 35.5. The van der Waals surface area contributed by atoms with Gasteiger partial charge in [0.1, 0.15) is 0 Å². The summed E-state index contributed by atoms with van der Waals surface area (Å²) in [6.07, 6.45) is 1.01. The van der Waals surface area contributed by atoms with Crippen LogP contribution in [0, 0.1) is 0 Å². The molecule has 15 heavy (non-hydrogen) atoms. The predicted molar refractivity (Wildman–Crippen MR) is 68.7 cm³/mol. The molecule has 0 radical (unpaired) electrons. The van der Waals surface area contributed by atoms with E-state index in [1.54, 1.807) is 11.3 Å². The molecule has 1 aromatic carbocycles. The molecule has 0 aliphatic heterocycles. The van der Waals surface area contributed by atoms with Crippen LogP contribution in [0.4, 0.5) is 0 Å². The molecule has 1 nitrogen and oxygen atoms in total. The van der Waals surface area contributed by atoms with Gasteiger partial charge < -0.3 is 5.73 Å². The van der Waals surface area contributed by atoms with Crippen LogP contribution in [0.25, 0.3) is 0 Å². The average molecular weight is 240 g/mol. The van der Waals surface area contributed by atoms with Crippen molar-refractivity contribution in [3.63, 3.8) is 0 Å². The van der Waals surface area contributed by atoms with Gasteiger partial charge in [-0.3, -0.25) is 0 Å². The van der Waals surface area contributed by atoms with Crippen molar-refractivity contribution in [1.29, 1.82) is 0 Å². The second-order valence-corrected chi connectivity index (χ2v) is 4.28. The van der Waals surface area contributed by atoms with E-state index in [-0.39, 0.29) is 12.4 Å². The van der Waals surface area contributed by atoms with Crippen LogP contribution in [0.1, 0.15) is 16.0 Å². The molecule has 0 saturated carbocycles. The van der Waals surface area contributed by atoms with Crippen LogP contribution in [0.15, 0.2) is 41.8 Å². The Kier molecular flexibility index (Phi) is 4.82. The third-order valence-corrected chi connectivity index (χ3v) is 3.17. The molecule has 0 fully saturated rings. The van der Waals surface area contributed by atoms with E-state index < -0.39 is 0 Å². The Morgan fingerprint density at radius 1 is 1.07 bits per heavy atom. The van der Waals surface area contributed by atoms with Crippen LogP contribution in [0.5, 0.6) is 0 Å². The van der Waals surface area contributed by atoms with Gasteiger partial charge in [-0.25, -0.2) is 0 Å². The van der Waals surface area contributed by atoms with Crippen molar-refractivity contribution in [2.45, 2.75) is 13.0 Å². The minimum atomic E-state index is 0. The third kappa shape index (κ3) is 3.34. The summed E-state index contributed by atoms with van der Waals surface area (Å²) >= 11 is 1.74. The fraction of sp³-hybridized carbons (Fsp3) is 0.167. The molecule has 0 bridgehead atoms. The number of nitrogens with two attached hydrogens (primary N) is 1. The molecule has 2 N–H and O–H groups in total. The molecule has 1 aromatic heterocycles. The van der Waals surface area contributed by atoms with Gasteiger partial charge in [-0.15, -0.1) is 23.7 Å². The maximum absolute atomic E-state index is 5.57. The summed E-state index contributed by atoms with van der Waals surface area (Å²) in [7, 11) is 0. The van der Waals surface area contributed by atoms with Crippen LogP contribution in [-0.4, -0.2) is 0 Å². The number of rotatable bonds is 3. The first-order valence-electron chi connectivity index (χ1n) is 4.69. The molecule has 3 heteroatoms. The van der Waals surface area contributed by atoms with E-state index in [1.807, 2.05) is 6.07 Å². The van der Waals surface area contributed by atoms with Gasteiger partial charge in [0.15, 0.2) is 0 Å². The number of thiophene rings is 1. The van der Waals surface area contributed by atoms with Crippen LogP contribution < -0.4 is 5.73 Å². The van der Waals surface area contributed by atoms with E-state index in [9.17, 15) is 0 Å². The second-order valence-electron chi connectivity index (χ2n) is 3.29. The highest BCUT2D eigenvalue weighted by molar-refractivity contribution is 7.10. The maximum atomic E-state index is 5.57. The lowest BCUT2D eigenvalue weighted by Gasteiger charge is -1.96. The SMILES string of the molecule is Cl.NCc1cc(Cc2ccccc2)cs1. The summed E-state index contributed by atoms with van der Waals surface area (Å²) in [6.45, 7) is 0.652. The van der Waals surface area contributed by atoms with Crippen molar-refractivity contribution in [2.75, 3.05) is 0 Å². The smallest absolute Gasteiger partial charge is 0.0273 e. The summed E-state index contributed by atoms with van der Waals surface area (Å²) in [5, 5.41) is 2.19. The lowest BCUT2D eigenvalue weighted by Crippen LogP contribution is -1.92. The molecule has 2 rings (SSSR count). The molecule has 0 atom stereocenters. The van der Waals surface area contributed by atoms with E-state index in [2.05, 4.69) is 35.7 Å². The molecule has 0 spiro atoms. The number of halogens is 1. The van der Waals surface area contributed by atoms with E-state index in [0.29, 0.717) is 6.54 Å². The Labute approximate surface area is 100 Å². The first-order valence-corrected chi connectivity index (χ1v) is 5.57. The van der Waals surface area contributed by atoms with Crippen LogP contribution in [0.2, 0.25) is 0 Å². The fourth-order valence-corrected chi connectivity index (χ4v) is 2.23. The van der Waals surface area contributed by atoms with E-state index >= 15 is 0 Å². The standard InChI is InChI=1S/C12H13NS.ClH/c13-8-12-7-11(9-14-12)6-10-4-2-1-3-5-10;/h1-5,7,9H,6,8,13H2;1H. The largest absolute Gasteiger partial charge is 0.326 e. The van der Waals surface area contributed by atoms with Crippen molar-refractivity contribution in [3.05, 3.63) is 57.8 Å². The monoisotopic (exact) mass is 239 g/mol. The first-order chi connectivity index (χ1) is 6.88. The minimum absolute atomic E-state index is 0. The Morgan fingerprint density at radius 2 is 1.80 bits per heavy atom. The van der Waals surface area contributed by atoms with Crippen LogP contribution in [0.3, 0.4) is 0 Å². The van der Waals surface area contributed by atoms with Gasteiger partial charge in [0.2, 0.25) is 0 Å². The first kappa shape index (κ1) is 12.2. The third-order valence-electron chi connectivity index (χ3n) is 2.16. The lowest BCUT2D eigenvalue weighted by molar-refractivity contribution is 1.10. The molecule has 0 amide bonds.